The lowest BCUT2D eigenvalue weighted by Crippen LogP contribution is -2.38. The average Bonchev–Trinajstić information content (AvgIpc) is 3.29. The lowest BCUT2D eigenvalue weighted by Gasteiger charge is -2.34. The summed E-state index contributed by atoms with van der Waals surface area (Å²) in [5, 5.41) is 2.92. The predicted octanol–water partition coefficient (Wildman–Crippen LogP) is 2.69. The molecular weight excluding hydrogens is 348 g/mol. The molecule has 1 saturated carbocycles. The molecule has 0 unspecified atom stereocenters. The second-order valence-electron chi connectivity index (χ2n) is 7.67. The maximum absolute atomic E-state index is 12.5. The van der Waals surface area contributed by atoms with Gasteiger partial charge in [-0.2, -0.15) is 0 Å². The average molecular weight is 374 g/mol. The summed E-state index contributed by atoms with van der Waals surface area (Å²) in [6, 6.07) is 7.00. The Hall–Kier alpha value is -2.12. The Morgan fingerprint density at radius 1 is 1.33 bits per heavy atom. The van der Waals surface area contributed by atoms with Crippen molar-refractivity contribution >= 4 is 17.7 Å². The fourth-order valence-corrected chi connectivity index (χ4v) is 3.93. The van der Waals surface area contributed by atoms with Gasteiger partial charge in [-0.25, -0.2) is 4.79 Å². The topological polar surface area (TPSA) is 77.1 Å². The van der Waals surface area contributed by atoms with Crippen molar-refractivity contribution in [2.75, 3.05) is 31.2 Å². The number of carbonyl (C=O) groups is 2. The SMILES string of the molecule is CC1CCC2(CC1)OC[C@H](CNC(=O)c1cccc(N3CCOC3=O)c1)O2. The van der Waals surface area contributed by atoms with Crippen molar-refractivity contribution in [1.82, 2.24) is 5.32 Å². The van der Waals surface area contributed by atoms with Gasteiger partial charge in [-0.15, -0.1) is 0 Å². The zero-order valence-corrected chi connectivity index (χ0v) is 15.6. The third kappa shape index (κ3) is 3.94. The van der Waals surface area contributed by atoms with Crippen LogP contribution >= 0.6 is 0 Å². The number of ether oxygens (including phenoxy) is 3. The van der Waals surface area contributed by atoms with Crippen LogP contribution in [0.25, 0.3) is 0 Å². The zero-order chi connectivity index (χ0) is 18.9. The summed E-state index contributed by atoms with van der Waals surface area (Å²) in [4.78, 5) is 25.7. The number of nitrogens with one attached hydrogen (secondary N) is 1. The van der Waals surface area contributed by atoms with Gasteiger partial charge in [-0.1, -0.05) is 13.0 Å². The summed E-state index contributed by atoms with van der Waals surface area (Å²) in [6.07, 6.45) is 3.57. The van der Waals surface area contributed by atoms with Crippen molar-refractivity contribution in [1.29, 1.82) is 0 Å². The molecule has 7 heteroatoms. The normalized spacial score (nSPS) is 30.6. The van der Waals surface area contributed by atoms with E-state index in [4.69, 9.17) is 14.2 Å². The molecule has 7 nitrogen and oxygen atoms in total. The van der Waals surface area contributed by atoms with E-state index in [2.05, 4.69) is 12.2 Å². The molecule has 0 bridgehead atoms. The number of anilines is 1. The molecular formula is C20H26N2O5. The number of hydrogen-bond acceptors (Lipinski definition) is 5. The van der Waals surface area contributed by atoms with Gasteiger partial charge < -0.3 is 19.5 Å². The Labute approximate surface area is 158 Å². The number of nitrogens with zero attached hydrogens (tertiary/aromatic N) is 1. The highest BCUT2D eigenvalue weighted by Gasteiger charge is 2.43. The van der Waals surface area contributed by atoms with Gasteiger partial charge in [0.2, 0.25) is 0 Å². The van der Waals surface area contributed by atoms with Crippen LogP contribution in [0.1, 0.15) is 43.0 Å². The van der Waals surface area contributed by atoms with Gasteiger partial charge in [0, 0.05) is 30.6 Å². The molecule has 1 atom stereocenters. The van der Waals surface area contributed by atoms with E-state index in [9.17, 15) is 9.59 Å². The lowest BCUT2D eigenvalue weighted by molar-refractivity contribution is -0.191. The molecule has 146 valence electrons. The predicted molar refractivity (Wildman–Crippen MR) is 98.7 cm³/mol. The number of benzene rings is 1. The Balaban J connectivity index is 1.32. The molecule has 2 heterocycles. The summed E-state index contributed by atoms with van der Waals surface area (Å²) in [5.74, 6) is 0.0887. The molecule has 2 amide bonds. The molecule has 4 rings (SSSR count). The third-order valence-electron chi connectivity index (χ3n) is 5.62. The Kier molecular flexibility index (Phi) is 5.06. The number of amides is 2. The van der Waals surface area contributed by atoms with Crippen LogP contribution in [0.15, 0.2) is 24.3 Å². The minimum atomic E-state index is -0.446. The van der Waals surface area contributed by atoms with Crippen molar-refractivity contribution in [3.63, 3.8) is 0 Å². The maximum Gasteiger partial charge on any atom is 0.414 e. The summed E-state index contributed by atoms with van der Waals surface area (Å²) >= 11 is 0. The largest absolute Gasteiger partial charge is 0.447 e. The van der Waals surface area contributed by atoms with Crippen molar-refractivity contribution in [3.05, 3.63) is 29.8 Å². The zero-order valence-electron chi connectivity index (χ0n) is 15.6. The van der Waals surface area contributed by atoms with E-state index in [-0.39, 0.29) is 18.1 Å². The molecule has 27 heavy (non-hydrogen) atoms. The lowest BCUT2D eigenvalue weighted by atomic mass is 9.86. The molecule has 3 aliphatic rings. The molecule has 2 aliphatic heterocycles. The van der Waals surface area contributed by atoms with Gasteiger partial charge in [-0.05, 0) is 37.0 Å². The van der Waals surface area contributed by atoms with E-state index >= 15 is 0 Å². The number of hydrogen-bond donors (Lipinski definition) is 1. The van der Waals surface area contributed by atoms with Gasteiger partial charge in [0.15, 0.2) is 5.79 Å². The summed E-state index contributed by atoms with van der Waals surface area (Å²) in [6.45, 7) is 4.04. The molecule has 1 spiro atoms. The molecule has 3 fully saturated rings. The van der Waals surface area contributed by atoms with Gasteiger partial charge >= 0.3 is 6.09 Å². The van der Waals surface area contributed by atoms with Crippen LogP contribution in [0.2, 0.25) is 0 Å². The monoisotopic (exact) mass is 374 g/mol. The smallest absolute Gasteiger partial charge is 0.414 e. The van der Waals surface area contributed by atoms with E-state index in [1.54, 1.807) is 24.3 Å². The molecule has 0 radical (unpaired) electrons. The summed E-state index contributed by atoms with van der Waals surface area (Å²) in [5.41, 5.74) is 1.17. The summed E-state index contributed by atoms with van der Waals surface area (Å²) < 4.78 is 17.0. The minimum Gasteiger partial charge on any atom is -0.447 e. The maximum atomic E-state index is 12.5. The Bertz CT molecular complexity index is 714. The fraction of sp³-hybridized carbons (Fsp3) is 0.600. The highest BCUT2D eigenvalue weighted by molar-refractivity contribution is 5.97. The first-order valence-electron chi connectivity index (χ1n) is 9.69. The van der Waals surface area contributed by atoms with Crippen molar-refractivity contribution in [3.8, 4) is 0 Å². The fourth-order valence-electron chi connectivity index (χ4n) is 3.93. The van der Waals surface area contributed by atoms with E-state index in [0.717, 1.165) is 31.6 Å². The van der Waals surface area contributed by atoms with Crippen LogP contribution in [0.3, 0.4) is 0 Å². The third-order valence-corrected chi connectivity index (χ3v) is 5.62. The minimum absolute atomic E-state index is 0.126. The van der Waals surface area contributed by atoms with Crippen LogP contribution in [-0.4, -0.2) is 50.2 Å². The molecule has 2 saturated heterocycles. The first-order valence-corrected chi connectivity index (χ1v) is 9.69. The standard InChI is InChI=1S/C20H26N2O5/c1-14-5-7-20(8-6-14)26-13-17(27-20)12-21-18(23)15-3-2-4-16(11-15)22-9-10-25-19(22)24/h2-4,11,14,17H,5-10,12-13H2,1H3,(H,21,23)/t14?,17-,20?/m0/s1. The second kappa shape index (κ2) is 7.48. The molecule has 0 aromatic heterocycles. The molecule has 1 aromatic carbocycles. The van der Waals surface area contributed by atoms with E-state index in [1.807, 2.05) is 0 Å². The highest BCUT2D eigenvalue weighted by atomic mass is 16.7. The van der Waals surface area contributed by atoms with Gasteiger partial charge in [-0.3, -0.25) is 9.69 Å². The quantitative estimate of drug-likeness (QED) is 0.877. The van der Waals surface area contributed by atoms with Crippen LogP contribution in [0, 0.1) is 5.92 Å². The van der Waals surface area contributed by atoms with Gasteiger partial charge in [0.1, 0.15) is 12.7 Å². The number of cyclic esters (lactones) is 1. The van der Waals surface area contributed by atoms with Gasteiger partial charge in [0.05, 0.1) is 13.2 Å². The van der Waals surface area contributed by atoms with Crippen LogP contribution in [-0.2, 0) is 14.2 Å². The van der Waals surface area contributed by atoms with E-state index in [0.29, 0.717) is 37.6 Å². The molecule has 1 aliphatic carbocycles. The first-order chi connectivity index (χ1) is 13.0. The second-order valence-corrected chi connectivity index (χ2v) is 7.67. The van der Waals surface area contributed by atoms with Crippen molar-refractivity contribution in [2.45, 2.75) is 44.5 Å². The summed E-state index contributed by atoms with van der Waals surface area (Å²) in [7, 11) is 0. The number of rotatable bonds is 4. The van der Waals surface area contributed by atoms with E-state index in [1.165, 1.54) is 4.90 Å². The Morgan fingerprint density at radius 3 is 2.89 bits per heavy atom. The van der Waals surface area contributed by atoms with Crippen LogP contribution in [0.5, 0.6) is 0 Å². The Morgan fingerprint density at radius 2 is 2.15 bits per heavy atom. The molecule has 1 aromatic rings. The van der Waals surface area contributed by atoms with Crippen LogP contribution < -0.4 is 10.2 Å². The highest BCUT2D eigenvalue weighted by Crippen LogP contribution is 2.39. The van der Waals surface area contributed by atoms with Crippen LogP contribution in [0.4, 0.5) is 10.5 Å². The first kappa shape index (κ1) is 18.3. The van der Waals surface area contributed by atoms with Crippen molar-refractivity contribution < 1.29 is 23.8 Å². The number of carbonyl (C=O) groups excluding carboxylic acids is 2. The van der Waals surface area contributed by atoms with Crippen molar-refractivity contribution in [2.24, 2.45) is 5.92 Å². The van der Waals surface area contributed by atoms with Gasteiger partial charge in [0.25, 0.3) is 5.91 Å². The molecule has 1 N–H and O–H groups in total. The van der Waals surface area contributed by atoms with E-state index < -0.39 is 5.79 Å².